The quantitative estimate of drug-likeness (QED) is 0.466. The van der Waals surface area contributed by atoms with Crippen LogP contribution in [0.2, 0.25) is 0 Å². The van der Waals surface area contributed by atoms with Gasteiger partial charge in [0, 0.05) is 43.4 Å². The number of aromatic nitrogens is 5. The van der Waals surface area contributed by atoms with Gasteiger partial charge >= 0.3 is 18.3 Å². The molecule has 3 aromatic rings. The second-order valence-electron chi connectivity index (χ2n) is 9.00. The third-order valence-electron chi connectivity index (χ3n) is 6.56. The molecule has 16 heteroatoms. The zero-order valence-electron chi connectivity index (χ0n) is 18.8. The molecule has 0 spiro atoms. The van der Waals surface area contributed by atoms with Crippen LogP contribution >= 0.6 is 0 Å². The summed E-state index contributed by atoms with van der Waals surface area (Å²) in [6.45, 7) is -1.01. The van der Waals surface area contributed by atoms with Crippen molar-refractivity contribution in [1.82, 2.24) is 24.6 Å². The van der Waals surface area contributed by atoms with Gasteiger partial charge in [-0.1, -0.05) is 0 Å². The molecule has 4 heterocycles. The van der Waals surface area contributed by atoms with Crippen LogP contribution in [0.25, 0.3) is 5.65 Å². The number of anilines is 2. The molecular weight excluding hydrogens is 518 g/mol. The van der Waals surface area contributed by atoms with Gasteiger partial charge in [-0.15, -0.1) is 5.10 Å². The molecule has 2 unspecified atom stereocenters. The Kier molecular flexibility index (Phi) is 6.02. The molecule has 5 rings (SSSR count). The van der Waals surface area contributed by atoms with Gasteiger partial charge in [0.25, 0.3) is 5.88 Å². The maximum Gasteiger partial charge on any atom is 0.456 e. The Bertz CT molecular complexity index is 1260. The molecule has 2 bridgehead atoms. The van der Waals surface area contributed by atoms with E-state index in [0.29, 0.717) is 18.8 Å². The molecule has 1 aliphatic heterocycles. The highest BCUT2D eigenvalue weighted by Gasteiger charge is 2.58. The van der Waals surface area contributed by atoms with Gasteiger partial charge in [0.05, 0.1) is 0 Å². The molecule has 1 saturated carbocycles. The van der Waals surface area contributed by atoms with E-state index in [2.05, 4.69) is 30.1 Å². The predicted octanol–water partition coefficient (Wildman–Crippen LogP) is 4.44. The minimum Gasteiger partial charge on any atom is -0.468 e. The molecule has 2 fully saturated rings. The SMILES string of the molecule is FC(F)(F)c1cc(N2CC3CCC(C2)C3Nc2nc3c(OCC(F)(F)C(F)(F)F)nccn3n2)ccn1. The van der Waals surface area contributed by atoms with Gasteiger partial charge in [-0.2, -0.15) is 40.1 Å². The first-order chi connectivity index (χ1) is 17.3. The lowest BCUT2D eigenvalue weighted by Gasteiger charge is -2.39. The molecule has 1 saturated heterocycles. The van der Waals surface area contributed by atoms with Crippen LogP contribution in [0.5, 0.6) is 5.88 Å². The molecular formula is C21H19F8N7O. The predicted molar refractivity (Wildman–Crippen MR) is 112 cm³/mol. The number of ether oxygens (including phenoxy) is 1. The average molecular weight is 537 g/mol. The van der Waals surface area contributed by atoms with Crippen molar-refractivity contribution in [2.24, 2.45) is 11.8 Å². The minimum absolute atomic E-state index is 0.0483. The van der Waals surface area contributed by atoms with Gasteiger partial charge in [-0.05, 0) is 36.8 Å². The summed E-state index contributed by atoms with van der Waals surface area (Å²) in [6, 6.07) is 2.43. The van der Waals surface area contributed by atoms with Crippen LogP contribution in [-0.2, 0) is 6.18 Å². The number of alkyl halides is 8. The smallest absolute Gasteiger partial charge is 0.456 e. The van der Waals surface area contributed by atoms with E-state index in [9.17, 15) is 35.1 Å². The van der Waals surface area contributed by atoms with Crippen molar-refractivity contribution in [2.75, 3.05) is 29.9 Å². The first kappa shape index (κ1) is 25.2. The van der Waals surface area contributed by atoms with Crippen LogP contribution in [-0.4, -0.2) is 62.4 Å². The molecule has 200 valence electrons. The number of hydrogen-bond donors (Lipinski definition) is 1. The maximum atomic E-state index is 13.3. The third-order valence-corrected chi connectivity index (χ3v) is 6.56. The highest BCUT2D eigenvalue weighted by Crippen LogP contribution is 2.41. The lowest BCUT2D eigenvalue weighted by atomic mass is 9.92. The number of rotatable bonds is 6. The molecule has 0 amide bonds. The van der Waals surface area contributed by atoms with Crippen LogP contribution in [0.1, 0.15) is 18.5 Å². The topological polar surface area (TPSA) is 80.5 Å². The summed E-state index contributed by atoms with van der Waals surface area (Å²) < 4.78 is 109. The standard InChI is InChI=1S/C21H19F8N7O/c22-19(23,21(27,28)29)10-37-17-16-33-18(34-36(16)6-5-31-17)32-15-11-1-2-12(15)9-35(8-11)13-3-4-30-14(7-13)20(24,25)26/h3-7,11-12,15H,1-2,8-10H2,(H,32,34). The second-order valence-corrected chi connectivity index (χ2v) is 9.00. The summed E-state index contributed by atoms with van der Waals surface area (Å²) >= 11 is 0. The summed E-state index contributed by atoms with van der Waals surface area (Å²) in [5.74, 6) is -5.42. The molecule has 0 aromatic carbocycles. The Hall–Kier alpha value is -3.46. The van der Waals surface area contributed by atoms with E-state index in [-0.39, 0.29) is 29.5 Å². The summed E-state index contributed by atoms with van der Waals surface area (Å²) in [6.07, 6.45) is -5.12. The third kappa shape index (κ3) is 4.92. The van der Waals surface area contributed by atoms with E-state index in [1.807, 2.05) is 4.90 Å². The fourth-order valence-electron chi connectivity index (χ4n) is 4.79. The van der Waals surface area contributed by atoms with Gasteiger partial charge in [-0.25, -0.2) is 9.50 Å². The van der Waals surface area contributed by atoms with Crippen molar-refractivity contribution >= 4 is 17.3 Å². The Balaban J connectivity index is 1.29. The van der Waals surface area contributed by atoms with Crippen molar-refractivity contribution in [2.45, 2.75) is 37.2 Å². The van der Waals surface area contributed by atoms with Crippen LogP contribution in [0, 0.1) is 11.8 Å². The minimum atomic E-state index is -5.78. The van der Waals surface area contributed by atoms with Crippen LogP contribution in [0.15, 0.2) is 30.7 Å². The van der Waals surface area contributed by atoms with Gasteiger partial charge in [0.2, 0.25) is 11.6 Å². The van der Waals surface area contributed by atoms with E-state index in [0.717, 1.165) is 35.8 Å². The van der Waals surface area contributed by atoms with Crippen LogP contribution in [0.4, 0.5) is 46.8 Å². The van der Waals surface area contributed by atoms with Crippen LogP contribution < -0.4 is 15.0 Å². The highest BCUT2D eigenvalue weighted by atomic mass is 19.4. The van der Waals surface area contributed by atoms with E-state index in [4.69, 9.17) is 0 Å². The first-order valence-corrected chi connectivity index (χ1v) is 11.2. The highest BCUT2D eigenvalue weighted by molar-refractivity contribution is 5.53. The lowest BCUT2D eigenvalue weighted by molar-refractivity contribution is -0.290. The molecule has 2 atom stereocenters. The molecule has 8 nitrogen and oxygen atoms in total. The Morgan fingerprint density at radius 1 is 0.973 bits per heavy atom. The van der Waals surface area contributed by atoms with Crippen molar-refractivity contribution in [3.05, 3.63) is 36.4 Å². The second kappa shape index (κ2) is 8.83. The van der Waals surface area contributed by atoms with Gasteiger partial charge in [-0.3, -0.25) is 4.98 Å². The normalized spacial score (nSPS) is 22.5. The van der Waals surface area contributed by atoms with Gasteiger partial charge in [0.15, 0.2) is 6.61 Å². The Labute approximate surface area is 203 Å². The fourth-order valence-corrected chi connectivity index (χ4v) is 4.79. The zero-order chi connectivity index (χ0) is 26.6. The number of hydrogen-bond acceptors (Lipinski definition) is 7. The first-order valence-electron chi connectivity index (χ1n) is 11.2. The summed E-state index contributed by atoms with van der Waals surface area (Å²) in [4.78, 5) is 13.1. The molecule has 1 N–H and O–H groups in total. The number of nitrogens with one attached hydrogen (secondary N) is 1. The van der Waals surface area contributed by atoms with Gasteiger partial charge < -0.3 is 15.0 Å². The Morgan fingerprint density at radius 2 is 1.68 bits per heavy atom. The van der Waals surface area contributed by atoms with Crippen molar-refractivity contribution in [1.29, 1.82) is 0 Å². The fraction of sp³-hybridized carbons (Fsp3) is 0.524. The van der Waals surface area contributed by atoms with Gasteiger partial charge in [0.1, 0.15) is 5.69 Å². The van der Waals surface area contributed by atoms with Crippen molar-refractivity contribution in [3.8, 4) is 5.88 Å². The van der Waals surface area contributed by atoms with Crippen molar-refractivity contribution < 1.29 is 39.9 Å². The molecule has 3 aromatic heterocycles. The molecule has 2 aliphatic rings. The molecule has 37 heavy (non-hydrogen) atoms. The van der Waals surface area contributed by atoms with Crippen molar-refractivity contribution in [3.63, 3.8) is 0 Å². The Morgan fingerprint density at radius 3 is 2.32 bits per heavy atom. The van der Waals surface area contributed by atoms with E-state index in [1.54, 1.807) is 0 Å². The average Bonchev–Trinajstić information content (AvgIpc) is 3.32. The number of piperidine rings is 1. The number of fused-ring (bicyclic) bond motifs is 3. The monoisotopic (exact) mass is 537 g/mol. The summed E-state index contributed by atoms with van der Waals surface area (Å²) in [5, 5.41) is 7.38. The van der Waals surface area contributed by atoms with Crippen LogP contribution in [0.3, 0.4) is 0 Å². The maximum absolute atomic E-state index is 13.3. The summed E-state index contributed by atoms with van der Waals surface area (Å²) in [7, 11) is 0. The number of halogens is 8. The molecule has 0 radical (unpaired) electrons. The van der Waals surface area contributed by atoms with E-state index in [1.165, 1.54) is 12.3 Å². The lowest BCUT2D eigenvalue weighted by Crippen LogP contribution is -2.48. The van der Waals surface area contributed by atoms with E-state index >= 15 is 0 Å². The number of pyridine rings is 1. The number of nitrogens with zero attached hydrogens (tertiary/aromatic N) is 6. The largest absolute Gasteiger partial charge is 0.468 e. The zero-order valence-corrected chi connectivity index (χ0v) is 18.8. The summed E-state index contributed by atoms with van der Waals surface area (Å²) in [5.41, 5.74) is -0.692. The van der Waals surface area contributed by atoms with E-state index < -0.39 is 36.5 Å². The molecule has 1 aliphatic carbocycles.